The van der Waals surface area contributed by atoms with E-state index < -0.39 is 0 Å². The van der Waals surface area contributed by atoms with Crippen molar-refractivity contribution >= 4 is 0 Å². The average molecular weight is 413 g/mol. The van der Waals surface area contributed by atoms with Crippen LogP contribution in [0.1, 0.15) is 98.3 Å². The van der Waals surface area contributed by atoms with Gasteiger partial charge in [0.05, 0.1) is 0 Å². The lowest BCUT2D eigenvalue weighted by Gasteiger charge is -2.60. The third-order valence-corrected chi connectivity index (χ3v) is 11.0. The van der Waals surface area contributed by atoms with Crippen molar-refractivity contribution in [2.24, 2.45) is 52.3 Å². The second kappa shape index (κ2) is 8.76. The molecule has 0 radical (unpaired) electrons. The van der Waals surface area contributed by atoms with E-state index in [1.54, 1.807) is 0 Å². The van der Waals surface area contributed by atoms with Gasteiger partial charge in [-0.1, -0.05) is 57.9 Å². The molecule has 0 saturated heterocycles. The van der Waals surface area contributed by atoms with Crippen LogP contribution >= 0.6 is 0 Å². The van der Waals surface area contributed by atoms with E-state index in [2.05, 4.69) is 46.4 Å². The number of hydrogen-bond donors (Lipinski definition) is 1. The number of hydrogen-bond acceptors (Lipinski definition) is 1. The fourth-order valence-electron chi connectivity index (χ4n) is 9.29. The second-order valence-corrected chi connectivity index (χ2v) is 12.3. The van der Waals surface area contributed by atoms with Gasteiger partial charge in [-0.15, -0.1) is 0 Å². The minimum absolute atomic E-state index is 0.252. The van der Waals surface area contributed by atoms with Crippen LogP contribution in [0.2, 0.25) is 0 Å². The van der Waals surface area contributed by atoms with E-state index in [0.29, 0.717) is 22.7 Å². The lowest BCUT2D eigenvalue weighted by atomic mass is 9.44. The van der Waals surface area contributed by atoms with Gasteiger partial charge in [-0.2, -0.15) is 0 Å². The number of aliphatic hydroxyl groups excluding tert-OH is 1. The normalized spacial score (nSPS) is 45.4. The van der Waals surface area contributed by atoms with Crippen LogP contribution < -0.4 is 0 Å². The summed E-state index contributed by atoms with van der Waals surface area (Å²) in [5.41, 5.74) is 2.38. The van der Waals surface area contributed by atoms with E-state index in [1.165, 1.54) is 69.8 Å². The van der Waals surface area contributed by atoms with Crippen molar-refractivity contribution in [3.8, 4) is 0 Å². The summed E-state index contributed by atoms with van der Waals surface area (Å²) in [4.78, 5) is 0. The van der Waals surface area contributed by atoms with Crippen LogP contribution in [0.4, 0.5) is 0 Å². The Hall–Kier alpha value is -0.560. The largest absolute Gasteiger partial charge is 0.396 e. The summed E-state index contributed by atoms with van der Waals surface area (Å²) in [6.45, 7) is 14.4. The first-order valence-corrected chi connectivity index (χ1v) is 13.3. The lowest BCUT2D eigenvalue weighted by molar-refractivity contribution is -0.112. The Morgan fingerprint density at radius 2 is 1.73 bits per heavy atom. The molecule has 0 aromatic rings. The average Bonchev–Trinajstić information content (AvgIpc) is 3.07. The number of rotatable bonds is 6. The highest BCUT2D eigenvalue weighted by Gasteiger charge is 2.59. The molecule has 170 valence electrons. The Balaban J connectivity index is 1.49. The predicted octanol–water partition coefficient (Wildman–Crippen LogP) is 7.80. The van der Waals surface area contributed by atoms with Crippen LogP contribution in [0.3, 0.4) is 0 Å². The lowest BCUT2D eigenvalue weighted by Crippen LogP contribution is -2.53. The molecule has 1 unspecified atom stereocenters. The van der Waals surface area contributed by atoms with Crippen LogP contribution in [-0.2, 0) is 0 Å². The van der Waals surface area contributed by atoms with Crippen LogP contribution in [-0.4, -0.2) is 11.7 Å². The molecule has 4 aliphatic rings. The van der Waals surface area contributed by atoms with Crippen LogP contribution in [0, 0.1) is 52.3 Å². The maximum absolute atomic E-state index is 9.40. The highest BCUT2D eigenvalue weighted by atomic mass is 16.3. The Morgan fingerprint density at radius 1 is 0.967 bits per heavy atom. The monoisotopic (exact) mass is 412 g/mol. The van der Waals surface area contributed by atoms with E-state index in [1.807, 2.05) is 0 Å². The smallest absolute Gasteiger partial charge is 0.0439 e. The molecule has 1 nitrogen and oxygen atoms in total. The molecule has 0 aromatic carbocycles. The molecule has 4 rings (SSSR count). The number of fused-ring (bicyclic) bond motifs is 5. The second-order valence-electron chi connectivity index (χ2n) is 12.3. The predicted molar refractivity (Wildman–Crippen MR) is 128 cm³/mol. The molecule has 9 atom stereocenters. The van der Waals surface area contributed by atoms with Crippen molar-refractivity contribution in [1.29, 1.82) is 0 Å². The summed E-state index contributed by atoms with van der Waals surface area (Å²) >= 11 is 0. The summed E-state index contributed by atoms with van der Waals surface area (Å²) in [6.07, 6.45) is 20.6. The van der Waals surface area contributed by atoms with Crippen molar-refractivity contribution in [2.75, 3.05) is 6.61 Å². The molecule has 0 aliphatic heterocycles. The molecule has 30 heavy (non-hydrogen) atoms. The van der Waals surface area contributed by atoms with Crippen LogP contribution in [0.15, 0.2) is 24.3 Å². The van der Waals surface area contributed by atoms with E-state index in [4.69, 9.17) is 0 Å². The van der Waals surface area contributed by atoms with Crippen molar-refractivity contribution in [1.82, 2.24) is 0 Å². The number of allylic oxidation sites excluding steroid dienone is 3. The minimum Gasteiger partial charge on any atom is -0.396 e. The molecule has 0 aromatic heterocycles. The van der Waals surface area contributed by atoms with E-state index in [9.17, 15) is 5.11 Å². The zero-order valence-electron chi connectivity index (χ0n) is 20.3. The topological polar surface area (TPSA) is 20.2 Å². The summed E-state index contributed by atoms with van der Waals surface area (Å²) < 4.78 is 0. The first-order chi connectivity index (χ1) is 14.3. The van der Waals surface area contributed by atoms with Gasteiger partial charge in [0.1, 0.15) is 0 Å². The molecule has 4 saturated carbocycles. The van der Waals surface area contributed by atoms with Crippen molar-refractivity contribution in [2.45, 2.75) is 98.3 Å². The third-order valence-electron chi connectivity index (χ3n) is 11.0. The fraction of sp³-hybridized carbons (Fsp3) is 0.862. The molecule has 1 N–H and O–H groups in total. The molecule has 0 heterocycles. The van der Waals surface area contributed by atoms with Gasteiger partial charge in [-0.05, 0) is 117 Å². The van der Waals surface area contributed by atoms with Gasteiger partial charge in [0.15, 0.2) is 0 Å². The summed E-state index contributed by atoms with van der Waals surface area (Å²) in [5, 5.41) is 9.40. The summed E-state index contributed by atoms with van der Waals surface area (Å²) in [5.74, 6) is 5.81. The minimum atomic E-state index is 0.252. The standard InChI is InChI=1S/C29H48O/c1-20(2)22(16-19-30)10-9-21(3)25-13-14-26-24-12-11-23-8-6-7-17-28(23,4)27(24)15-18-29(25,26)5/h9-10,21-27,30H,1,6-8,11-19H2,2-5H3/t21-,22-,23?,24+,25-,26+,27+,28+,29-/m1/s1. The first-order valence-electron chi connectivity index (χ1n) is 13.3. The van der Waals surface area contributed by atoms with E-state index in [-0.39, 0.29) is 6.61 Å². The molecule has 0 spiro atoms. The molecule has 4 fully saturated rings. The summed E-state index contributed by atoms with van der Waals surface area (Å²) in [7, 11) is 0. The SMILES string of the molecule is C=C(C)[C@H](C=C[C@@H](C)[C@H]1CC[C@H]2[C@@H]3CCC4CCCC[C@]4(C)[C@H]3CC[C@]12C)CCO. The third kappa shape index (κ3) is 3.76. The maximum atomic E-state index is 9.40. The molecule has 0 bridgehead atoms. The van der Waals surface area contributed by atoms with Gasteiger partial charge in [-0.3, -0.25) is 0 Å². The Kier molecular flexibility index (Phi) is 6.61. The van der Waals surface area contributed by atoms with Crippen molar-refractivity contribution in [3.05, 3.63) is 24.3 Å². The van der Waals surface area contributed by atoms with E-state index in [0.717, 1.165) is 36.0 Å². The van der Waals surface area contributed by atoms with E-state index >= 15 is 0 Å². The van der Waals surface area contributed by atoms with Crippen LogP contribution in [0.5, 0.6) is 0 Å². The molecular weight excluding hydrogens is 364 g/mol. The fourth-order valence-corrected chi connectivity index (χ4v) is 9.29. The molecule has 4 aliphatic carbocycles. The van der Waals surface area contributed by atoms with Crippen LogP contribution in [0.25, 0.3) is 0 Å². The van der Waals surface area contributed by atoms with Gasteiger partial charge >= 0.3 is 0 Å². The number of aliphatic hydroxyl groups is 1. The highest BCUT2D eigenvalue weighted by Crippen LogP contribution is 2.68. The summed E-state index contributed by atoms with van der Waals surface area (Å²) in [6, 6.07) is 0. The quantitative estimate of drug-likeness (QED) is 0.441. The molecular formula is C29H48O. The Labute approximate surface area is 186 Å². The van der Waals surface area contributed by atoms with Gasteiger partial charge in [0, 0.05) is 6.61 Å². The van der Waals surface area contributed by atoms with Gasteiger partial charge in [-0.25, -0.2) is 0 Å². The highest BCUT2D eigenvalue weighted by molar-refractivity contribution is 5.13. The molecule has 0 amide bonds. The zero-order valence-corrected chi connectivity index (χ0v) is 20.3. The van der Waals surface area contributed by atoms with Gasteiger partial charge < -0.3 is 5.11 Å². The van der Waals surface area contributed by atoms with Crippen molar-refractivity contribution in [3.63, 3.8) is 0 Å². The van der Waals surface area contributed by atoms with Crippen molar-refractivity contribution < 1.29 is 5.11 Å². The first kappa shape index (κ1) is 22.6. The Bertz CT molecular complexity index is 649. The zero-order chi connectivity index (χ0) is 21.5. The van der Waals surface area contributed by atoms with Gasteiger partial charge in [0.2, 0.25) is 0 Å². The maximum Gasteiger partial charge on any atom is 0.0439 e. The Morgan fingerprint density at radius 3 is 2.47 bits per heavy atom. The van der Waals surface area contributed by atoms with Gasteiger partial charge in [0.25, 0.3) is 0 Å². The molecule has 1 heteroatoms.